The second-order valence-electron chi connectivity index (χ2n) is 5.51. The minimum Gasteiger partial charge on any atom is -0.496 e. The Hall–Kier alpha value is -2.60. The topological polar surface area (TPSA) is 75.8 Å². The number of hydrogen-bond acceptors (Lipinski definition) is 5. The van der Waals surface area contributed by atoms with Crippen LogP contribution in [0.25, 0.3) is 0 Å². The van der Waals surface area contributed by atoms with Gasteiger partial charge in [-0.1, -0.05) is 12.1 Å². The summed E-state index contributed by atoms with van der Waals surface area (Å²) in [5, 5.41) is 20.6. The van der Waals surface area contributed by atoms with Gasteiger partial charge in [0.2, 0.25) is 0 Å². The van der Waals surface area contributed by atoms with E-state index >= 15 is 0 Å². The van der Waals surface area contributed by atoms with Crippen LogP contribution in [0.5, 0.6) is 5.75 Å². The molecule has 23 heavy (non-hydrogen) atoms. The molecule has 0 atom stereocenters. The zero-order valence-electron chi connectivity index (χ0n) is 12.9. The number of rotatable bonds is 4. The molecule has 0 fully saturated rings. The van der Waals surface area contributed by atoms with Crippen molar-refractivity contribution in [3.8, 4) is 5.75 Å². The number of methoxy groups -OCH3 is 1. The molecule has 0 aliphatic carbocycles. The third-order valence-electron chi connectivity index (χ3n) is 4.20. The molecule has 1 heterocycles. The van der Waals surface area contributed by atoms with Gasteiger partial charge in [0.1, 0.15) is 11.4 Å². The number of nitro benzene ring substituents is 1. The summed E-state index contributed by atoms with van der Waals surface area (Å²) in [6, 6.07) is 10.6. The molecule has 0 bridgehead atoms. The lowest BCUT2D eigenvalue weighted by Gasteiger charge is -2.31. The van der Waals surface area contributed by atoms with Crippen LogP contribution in [0, 0.1) is 10.1 Å². The Morgan fingerprint density at radius 3 is 2.87 bits per heavy atom. The third kappa shape index (κ3) is 2.85. The zero-order valence-corrected chi connectivity index (χ0v) is 12.9. The Labute approximate surface area is 134 Å². The van der Waals surface area contributed by atoms with Crippen molar-refractivity contribution >= 4 is 11.4 Å². The van der Waals surface area contributed by atoms with Crippen LogP contribution in [0.1, 0.15) is 16.7 Å². The highest BCUT2D eigenvalue weighted by atomic mass is 16.6. The maximum atomic E-state index is 11.3. The first-order valence-corrected chi connectivity index (χ1v) is 7.42. The molecule has 0 amide bonds. The summed E-state index contributed by atoms with van der Waals surface area (Å²) in [5.74, 6) is 0.862. The van der Waals surface area contributed by atoms with Gasteiger partial charge in [0.15, 0.2) is 0 Å². The highest BCUT2D eigenvalue weighted by Gasteiger charge is 2.25. The summed E-state index contributed by atoms with van der Waals surface area (Å²) in [6.45, 7) is 1.12. The van der Waals surface area contributed by atoms with Gasteiger partial charge < -0.3 is 14.7 Å². The molecule has 0 radical (unpaired) electrons. The minimum absolute atomic E-state index is 0.0635. The first-order chi connectivity index (χ1) is 11.1. The Kier molecular flexibility index (Phi) is 4.16. The van der Waals surface area contributed by atoms with E-state index in [1.165, 1.54) is 6.07 Å². The Morgan fingerprint density at radius 1 is 1.35 bits per heavy atom. The summed E-state index contributed by atoms with van der Waals surface area (Å²) in [4.78, 5) is 12.9. The number of aliphatic hydroxyl groups excluding tert-OH is 1. The van der Waals surface area contributed by atoms with Gasteiger partial charge in [0.05, 0.1) is 18.6 Å². The lowest BCUT2D eigenvalue weighted by Crippen LogP contribution is -2.31. The average molecular weight is 314 g/mol. The molecule has 0 aromatic heterocycles. The molecule has 0 saturated heterocycles. The SMILES string of the molecule is COc1cccc2c1CCN(c1cc(CO)ccc1[N+](=O)[O-])C2. The molecule has 0 saturated carbocycles. The second kappa shape index (κ2) is 6.26. The predicted octanol–water partition coefficient (Wildman–Crippen LogP) is 2.66. The molecular formula is C17H18N2O4. The zero-order chi connectivity index (χ0) is 16.4. The van der Waals surface area contributed by atoms with Gasteiger partial charge in [-0.25, -0.2) is 0 Å². The first kappa shape index (κ1) is 15.3. The van der Waals surface area contributed by atoms with Crippen LogP contribution < -0.4 is 9.64 Å². The van der Waals surface area contributed by atoms with Crippen molar-refractivity contribution in [3.63, 3.8) is 0 Å². The molecule has 0 unspecified atom stereocenters. The fourth-order valence-corrected chi connectivity index (χ4v) is 3.05. The van der Waals surface area contributed by atoms with E-state index in [0.717, 1.165) is 23.3 Å². The number of aliphatic hydroxyl groups is 1. The summed E-state index contributed by atoms with van der Waals surface area (Å²) in [6.07, 6.45) is 0.764. The van der Waals surface area contributed by atoms with E-state index in [1.807, 2.05) is 23.1 Å². The third-order valence-corrected chi connectivity index (χ3v) is 4.20. The van der Waals surface area contributed by atoms with Crippen LogP contribution >= 0.6 is 0 Å². The van der Waals surface area contributed by atoms with E-state index in [-0.39, 0.29) is 17.2 Å². The van der Waals surface area contributed by atoms with E-state index in [1.54, 1.807) is 19.2 Å². The van der Waals surface area contributed by atoms with Gasteiger partial charge in [-0.3, -0.25) is 10.1 Å². The summed E-state index contributed by atoms with van der Waals surface area (Å²) >= 11 is 0. The first-order valence-electron chi connectivity index (χ1n) is 7.42. The van der Waals surface area contributed by atoms with Gasteiger partial charge in [0.25, 0.3) is 5.69 Å². The van der Waals surface area contributed by atoms with Crippen molar-refractivity contribution in [2.24, 2.45) is 0 Å². The summed E-state index contributed by atoms with van der Waals surface area (Å²) < 4.78 is 5.39. The van der Waals surface area contributed by atoms with Gasteiger partial charge in [-0.05, 0) is 35.7 Å². The van der Waals surface area contributed by atoms with Gasteiger partial charge >= 0.3 is 0 Å². The molecule has 1 aliphatic heterocycles. The van der Waals surface area contributed by atoms with E-state index < -0.39 is 0 Å². The van der Waals surface area contributed by atoms with Gasteiger partial charge in [-0.15, -0.1) is 0 Å². The van der Waals surface area contributed by atoms with Crippen molar-refractivity contribution < 1.29 is 14.8 Å². The number of fused-ring (bicyclic) bond motifs is 1. The summed E-state index contributed by atoms with van der Waals surface area (Å²) in [7, 11) is 1.65. The maximum absolute atomic E-state index is 11.3. The van der Waals surface area contributed by atoms with Crippen LogP contribution in [0.4, 0.5) is 11.4 Å². The molecular weight excluding hydrogens is 296 g/mol. The molecule has 6 nitrogen and oxygen atoms in total. The number of benzene rings is 2. The molecule has 1 N–H and O–H groups in total. The van der Waals surface area contributed by atoms with E-state index in [4.69, 9.17) is 4.74 Å². The Morgan fingerprint density at radius 2 is 2.17 bits per heavy atom. The Bertz CT molecular complexity index is 745. The van der Waals surface area contributed by atoms with Crippen LogP contribution in [0.2, 0.25) is 0 Å². The lowest BCUT2D eigenvalue weighted by molar-refractivity contribution is -0.384. The van der Waals surface area contributed by atoms with Crippen molar-refractivity contribution in [2.75, 3.05) is 18.6 Å². The Balaban J connectivity index is 1.99. The smallest absolute Gasteiger partial charge is 0.292 e. The molecule has 2 aromatic rings. The van der Waals surface area contributed by atoms with Crippen molar-refractivity contribution in [3.05, 3.63) is 63.2 Å². The predicted molar refractivity (Wildman–Crippen MR) is 86.8 cm³/mol. The van der Waals surface area contributed by atoms with Crippen LogP contribution in [-0.4, -0.2) is 23.7 Å². The monoisotopic (exact) mass is 314 g/mol. The minimum atomic E-state index is -0.377. The average Bonchev–Trinajstić information content (AvgIpc) is 2.59. The molecule has 0 spiro atoms. The number of hydrogen-bond donors (Lipinski definition) is 1. The van der Waals surface area contributed by atoms with Crippen LogP contribution in [0.3, 0.4) is 0 Å². The van der Waals surface area contributed by atoms with E-state index in [0.29, 0.717) is 24.3 Å². The van der Waals surface area contributed by atoms with Crippen molar-refractivity contribution in [1.82, 2.24) is 0 Å². The number of nitro groups is 1. The van der Waals surface area contributed by atoms with Gasteiger partial charge in [-0.2, -0.15) is 0 Å². The standard InChI is InChI=1S/C17H18N2O4/c1-23-17-4-2-3-13-10-18(8-7-14(13)17)16-9-12(11-20)5-6-15(16)19(21)22/h2-6,9,20H,7-8,10-11H2,1H3. The summed E-state index contributed by atoms with van der Waals surface area (Å²) in [5.41, 5.74) is 3.55. The molecule has 120 valence electrons. The van der Waals surface area contributed by atoms with Crippen molar-refractivity contribution in [1.29, 1.82) is 0 Å². The number of nitrogens with zero attached hydrogens (tertiary/aromatic N) is 2. The lowest BCUT2D eigenvalue weighted by atomic mass is 9.97. The molecule has 6 heteroatoms. The quantitative estimate of drug-likeness (QED) is 0.693. The van der Waals surface area contributed by atoms with Gasteiger partial charge in [0, 0.05) is 24.7 Å². The van der Waals surface area contributed by atoms with Crippen LogP contribution in [-0.2, 0) is 19.6 Å². The second-order valence-corrected chi connectivity index (χ2v) is 5.51. The fourth-order valence-electron chi connectivity index (χ4n) is 3.05. The maximum Gasteiger partial charge on any atom is 0.292 e. The molecule has 3 rings (SSSR count). The molecule has 1 aliphatic rings. The number of anilines is 1. The molecule has 2 aromatic carbocycles. The van der Waals surface area contributed by atoms with E-state index in [2.05, 4.69) is 0 Å². The normalized spacial score (nSPS) is 13.6. The fraction of sp³-hybridized carbons (Fsp3) is 0.294. The number of ether oxygens (including phenoxy) is 1. The van der Waals surface area contributed by atoms with Crippen molar-refractivity contribution in [2.45, 2.75) is 19.6 Å². The van der Waals surface area contributed by atoms with E-state index in [9.17, 15) is 15.2 Å². The highest BCUT2D eigenvalue weighted by Crippen LogP contribution is 2.35. The largest absolute Gasteiger partial charge is 0.496 e. The van der Waals surface area contributed by atoms with Crippen LogP contribution in [0.15, 0.2) is 36.4 Å². The highest BCUT2D eigenvalue weighted by molar-refractivity contribution is 5.65.